The highest BCUT2D eigenvalue weighted by molar-refractivity contribution is 6.30. The zero-order valence-corrected chi connectivity index (χ0v) is 20.9. The first-order valence-corrected chi connectivity index (χ1v) is 12.1. The fourth-order valence-electron chi connectivity index (χ4n) is 4.13. The summed E-state index contributed by atoms with van der Waals surface area (Å²) in [6.45, 7) is 0.340. The number of nitrogens with zero attached hydrogens (tertiary/aromatic N) is 1. The Hall–Kier alpha value is -4.87. The van der Waals surface area contributed by atoms with Crippen LogP contribution in [0.3, 0.4) is 0 Å². The number of ether oxygens (including phenoxy) is 3. The Labute approximate surface area is 227 Å². The summed E-state index contributed by atoms with van der Waals surface area (Å²) < 4.78 is 44.3. The summed E-state index contributed by atoms with van der Waals surface area (Å²) in [6.07, 6.45) is 0. The number of allylic oxidation sites excluding steroid dienone is 1. The second-order valence-electron chi connectivity index (χ2n) is 8.63. The van der Waals surface area contributed by atoms with Gasteiger partial charge in [-0.25, -0.2) is 13.6 Å². The van der Waals surface area contributed by atoms with Crippen LogP contribution in [0.15, 0.2) is 96.4 Å². The van der Waals surface area contributed by atoms with Gasteiger partial charge in [0.05, 0.1) is 11.5 Å². The lowest BCUT2D eigenvalue weighted by atomic mass is 9.83. The summed E-state index contributed by atoms with van der Waals surface area (Å²) in [5.74, 6) is -2.70. The van der Waals surface area contributed by atoms with Crippen LogP contribution in [0.1, 0.15) is 33.0 Å². The van der Waals surface area contributed by atoms with E-state index in [4.69, 9.17) is 31.5 Å². The molecule has 1 aliphatic heterocycles. The third kappa shape index (κ3) is 5.54. The SMILES string of the molecule is N#CC1=C(N)Oc2cc(OC(=O)c3ccc(OCc4ccc(Cl)cc4)cc3)ccc2C1c1ccc(F)c(F)c1. The quantitative estimate of drug-likeness (QED) is 0.216. The van der Waals surface area contributed by atoms with Crippen molar-refractivity contribution in [2.75, 3.05) is 0 Å². The molecule has 4 aromatic rings. The van der Waals surface area contributed by atoms with E-state index in [0.29, 0.717) is 34.1 Å². The Balaban J connectivity index is 1.31. The highest BCUT2D eigenvalue weighted by atomic mass is 35.5. The first-order valence-electron chi connectivity index (χ1n) is 11.7. The van der Waals surface area contributed by atoms with Crippen molar-refractivity contribution in [1.82, 2.24) is 0 Å². The second kappa shape index (κ2) is 10.9. The zero-order valence-electron chi connectivity index (χ0n) is 20.2. The number of fused-ring (bicyclic) bond motifs is 1. The van der Waals surface area contributed by atoms with Crippen LogP contribution >= 0.6 is 11.6 Å². The minimum atomic E-state index is -1.05. The predicted octanol–water partition coefficient (Wildman–Crippen LogP) is 6.63. The molecule has 39 heavy (non-hydrogen) atoms. The average molecular weight is 545 g/mol. The molecule has 1 unspecified atom stereocenters. The minimum Gasteiger partial charge on any atom is -0.489 e. The van der Waals surface area contributed by atoms with Crippen molar-refractivity contribution in [1.29, 1.82) is 5.26 Å². The topological polar surface area (TPSA) is 94.6 Å². The molecule has 0 aliphatic carbocycles. The van der Waals surface area contributed by atoms with Crippen LogP contribution in [0.2, 0.25) is 5.02 Å². The van der Waals surface area contributed by atoms with Gasteiger partial charge in [-0.2, -0.15) is 5.26 Å². The lowest BCUT2D eigenvalue weighted by Gasteiger charge is -2.26. The van der Waals surface area contributed by atoms with Crippen molar-refractivity contribution >= 4 is 17.6 Å². The largest absolute Gasteiger partial charge is 0.489 e. The zero-order chi connectivity index (χ0) is 27.5. The molecular formula is C30H19ClF2N2O4. The molecule has 5 rings (SSSR count). The van der Waals surface area contributed by atoms with E-state index >= 15 is 0 Å². The first-order chi connectivity index (χ1) is 18.8. The van der Waals surface area contributed by atoms with Gasteiger partial charge in [-0.3, -0.25) is 0 Å². The molecule has 0 saturated heterocycles. The van der Waals surface area contributed by atoms with Crippen LogP contribution in [0.25, 0.3) is 0 Å². The standard InChI is InChI=1S/C30H19ClF2N2O4/c31-20-6-1-17(2-7-20)16-37-21-8-3-18(4-9-21)30(36)38-22-10-11-23-27(14-22)39-29(35)24(15-34)28(23)19-5-12-25(32)26(33)13-19/h1-14,28H,16,35H2. The molecule has 1 heterocycles. The van der Waals surface area contributed by atoms with Crippen molar-refractivity contribution in [3.63, 3.8) is 0 Å². The number of esters is 1. The summed E-state index contributed by atoms with van der Waals surface area (Å²) >= 11 is 5.89. The smallest absolute Gasteiger partial charge is 0.343 e. The van der Waals surface area contributed by atoms with Gasteiger partial charge >= 0.3 is 5.97 Å². The van der Waals surface area contributed by atoms with Gasteiger partial charge in [0.2, 0.25) is 5.88 Å². The Morgan fingerprint density at radius 3 is 2.36 bits per heavy atom. The van der Waals surface area contributed by atoms with E-state index in [-0.39, 0.29) is 23.0 Å². The van der Waals surface area contributed by atoms with Crippen molar-refractivity contribution in [3.8, 4) is 23.3 Å². The molecule has 0 bridgehead atoms. The maximum atomic E-state index is 14.0. The van der Waals surface area contributed by atoms with Gasteiger partial charge in [-0.1, -0.05) is 35.9 Å². The molecule has 0 aromatic heterocycles. The van der Waals surface area contributed by atoms with Crippen LogP contribution in [-0.4, -0.2) is 5.97 Å². The molecule has 1 aliphatic rings. The Bertz CT molecular complexity index is 1630. The number of nitrogens with two attached hydrogens (primary N) is 1. The lowest BCUT2D eigenvalue weighted by molar-refractivity contribution is 0.0734. The monoisotopic (exact) mass is 544 g/mol. The summed E-state index contributed by atoms with van der Waals surface area (Å²) in [6, 6.07) is 23.7. The molecule has 0 spiro atoms. The van der Waals surface area contributed by atoms with Gasteiger partial charge in [0.15, 0.2) is 11.6 Å². The van der Waals surface area contributed by atoms with E-state index in [1.165, 1.54) is 18.2 Å². The predicted molar refractivity (Wildman–Crippen MR) is 139 cm³/mol. The van der Waals surface area contributed by atoms with E-state index in [0.717, 1.165) is 17.7 Å². The number of halogens is 3. The van der Waals surface area contributed by atoms with Gasteiger partial charge in [-0.05, 0) is 65.7 Å². The molecule has 9 heteroatoms. The normalized spacial score (nSPS) is 14.2. The molecule has 1 atom stereocenters. The molecule has 6 nitrogen and oxygen atoms in total. The summed E-state index contributed by atoms with van der Waals surface area (Å²) in [7, 11) is 0. The van der Waals surface area contributed by atoms with Crippen LogP contribution < -0.4 is 19.9 Å². The van der Waals surface area contributed by atoms with Crippen molar-refractivity contribution < 1.29 is 27.8 Å². The van der Waals surface area contributed by atoms with E-state index in [1.54, 1.807) is 42.5 Å². The van der Waals surface area contributed by atoms with E-state index in [2.05, 4.69) is 0 Å². The molecular weight excluding hydrogens is 526 g/mol. The van der Waals surface area contributed by atoms with Gasteiger partial charge in [0, 0.05) is 16.7 Å². The van der Waals surface area contributed by atoms with Crippen molar-refractivity contribution in [3.05, 3.63) is 135 Å². The minimum absolute atomic E-state index is 0.0524. The number of nitriles is 1. The van der Waals surface area contributed by atoms with Crippen molar-refractivity contribution in [2.45, 2.75) is 12.5 Å². The van der Waals surface area contributed by atoms with E-state index in [9.17, 15) is 18.8 Å². The maximum Gasteiger partial charge on any atom is 0.343 e. The van der Waals surface area contributed by atoms with Gasteiger partial charge in [0.25, 0.3) is 0 Å². The van der Waals surface area contributed by atoms with Crippen LogP contribution in [-0.2, 0) is 6.61 Å². The van der Waals surface area contributed by atoms with E-state index < -0.39 is 23.5 Å². The fraction of sp³-hybridized carbons (Fsp3) is 0.0667. The first kappa shape index (κ1) is 25.8. The van der Waals surface area contributed by atoms with Gasteiger partial charge < -0.3 is 19.9 Å². The number of carbonyl (C=O) groups excluding carboxylic acids is 1. The second-order valence-corrected chi connectivity index (χ2v) is 9.06. The number of rotatable bonds is 6. The fourth-order valence-corrected chi connectivity index (χ4v) is 4.26. The Morgan fingerprint density at radius 2 is 1.67 bits per heavy atom. The molecule has 0 amide bonds. The third-order valence-electron chi connectivity index (χ3n) is 6.09. The number of benzene rings is 4. The third-order valence-corrected chi connectivity index (χ3v) is 6.34. The lowest BCUT2D eigenvalue weighted by Crippen LogP contribution is -2.21. The summed E-state index contributed by atoms with van der Waals surface area (Å²) in [5.41, 5.74) is 8.06. The van der Waals surface area contributed by atoms with Crippen molar-refractivity contribution in [2.24, 2.45) is 5.73 Å². The summed E-state index contributed by atoms with van der Waals surface area (Å²) in [4.78, 5) is 12.8. The van der Waals surface area contributed by atoms with E-state index in [1.807, 2.05) is 18.2 Å². The molecule has 194 valence electrons. The van der Waals surface area contributed by atoms with Crippen LogP contribution in [0, 0.1) is 23.0 Å². The maximum absolute atomic E-state index is 14.0. The number of carbonyl (C=O) groups is 1. The molecule has 0 fully saturated rings. The average Bonchev–Trinajstić information content (AvgIpc) is 2.93. The molecule has 0 saturated carbocycles. The molecule has 4 aromatic carbocycles. The van der Waals surface area contributed by atoms with Crippen LogP contribution in [0.5, 0.6) is 17.2 Å². The highest BCUT2D eigenvalue weighted by Crippen LogP contribution is 2.43. The molecule has 0 radical (unpaired) electrons. The van der Waals surface area contributed by atoms with Crippen LogP contribution in [0.4, 0.5) is 8.78 Å². The summed E-state index contributed by atoms with van der Waals surface area (Å²) in [5, 5.41) is 10.3. The molecule has 2 N–H and O–H groups in total. The Kier molecular flexibility index (Phi) is 7.17. The Morgan fingerprint density at radius 1 is 0.949 bits per heavy atom. The van der Waals surface area contributed by atoms with Gasteiger partial charge in [0.1, 0.15) is 35.5 Å². The number of hydrogen-bond acceptors (Lipinski definition) is 6. The van der Waals surface area contributed by atoms with Gasteiger partial charge in [-0.15, -0.1) is 0 Å². The highest BCUT2D eigenvalue weighted by Gasteiger charge is 2.31. The number of hydrogen-bond donors (Lipinski definition) is 1.